The molecule has 0 radical (unpaired) electrons. The third-order valence-corrected chi connectivity index (χ3v) is 6.41. The second kappa shape index (κ2) is 9.85. The molecule has 0 unspecified atom stereocenters. The van der Waals surface area contributed by atoms with Gasteiger partial charge in [0.1, 0.15) is 5.82 Å². The van der Waals surface area contributed by atoms with Crippen molar-refractivity contribution < 1.29 is 18.7 Å². The van der Waals surface area contributed by atoms with Crippen molar-refractivity contribution in [2.75, 3.05) is 25.6 Å². The number of carbonyl (C=O) groups excluding carboxylic acids is 2. The number of methoxy groups -OCH3 is 1. The first-order chi connectivity index (χ1) is 15.9. The molecule has 170 valence electrons. The van der Waals surface area contributed by atoms with Crippen molar-refractivity contribution in [3.63, 3.8) is 0 Å². The summed E-state index contributed by atoms with van der Waals surface area (Å²) in [7, 11) is 1.57. The molecular weight excluding hydrogens is 487 g/mol. The first-order valence-corrected chi connectivity index (χ1v) is 11.4. The lowest BCUT2D eigenvalue weighted by molar-refractivity contribution is -0.119. The fourth-order valence-electron chi connectivity index (χ4n) is 4.32. The van der Waals surface area contributed by atoms with Crippen LogP contribution >= 0.6 is 15.9 Å². The Bertz CT molecular complexity index is 1180. The summed E-state index contributed by atoms with van der Waals surface area (Å²) >= 11 is 3.45. The van der Waals surface area contributed by atoms with Gasteiger partial charge >= 0.3 is 0 Å². The van der Waals surface area contributed by atoms with Crippen LogP contribution in [0.5, 0.6) is 0 Å². The summed E-state index contributed by atoms with van der Waals surface area (Å²) in [5.41, 5.74) is 3.42. The Hall–Kier alpha value is -3.03. The molecule has 1 aliphatic rings. The van der Waals surface area contributed by atoms with Gasteiger partial charge in [0, 0.05) is 29.4 Å². The van der Waals surface area contributed by atoms with E-state index in [-0.39, 0.29) is 17.6 Å². The molecule has 2 atom stereocenters. The van der Waals surface area contributed by atoms with E-state index in [4.69, 9.17) is 4.74 Å². The second-order valence-corrected chi connectivity index (χ2v) is 8.92. The molecule has 0 saturated heterocycles. The molecule has 1 N–H and O–H groups in total. The Morgan fingerprint density at radius 2 is 1.85 bits per heavy atom. The molecule has 0 saturated carbocycles. The number of hydrogen-bond acceptors (Lipinski definition) is 3. The molecule has 0 aliphatic carbocycles. The average molecular weight is 511 g/mol. The zero-order valence-electron chi connectivity index (χ0n) is 18.3. The Morgan fingerprint density at radius 1 is 1.12 bits per heavy atom. The molecule has 1 heterocycles. The van der Waals surface area contributed by atoms with Crippen LogP contribution in [-0.4, -0.2) is 37.0 Å². The van der Waals surface area contributed by atoms with Crippen molar-refractivity contribution in [1.82, 2.24) is 4.90 Å². The van der Waals surface area contributed by atoms with E-state index < -0.39 is 12.0 Å². The van der Waals surface area contributed by atoms with Gasteiger partial charge in [0.15, 0.2) is 0 Å². The number of nitrogens with one attached hydrogen (secondary N) is 1. The summed E-state index contributed by atoms with van der Waals surface area (Å²) in [6.45, 7) is 2.53. The van der Waals surface area contributed by atoms with Crippen molar-refractivity contribution in [3.05, 3.63) is 99.3 Å². The van der Waals surface area contributed by atoms with Gasteiger partial charge in [0.05, 0.1) is 18.6 Å². The number of hydrogen-bond donors (Lipinski definition) is 1. The molecule has 0 bridgehead atoms. The van der Waals surface area contributed by atoms with Gasteiger partial charge in [0.25, 0.3) is 5.91 Å². The van der Waals surface area contributed by atoms with Crippen LogP contribution in [0.4, 0.5) is 10.1 Å². The third-order valence-electron chi connectivity index (χ3n) is 5.92. The molecule has 3 aromatic rings. The third kappa shape index (κ3) is 4.70. The number of benzene rings is 3. The summed E-state index contributed by atoms with van der Waals surface area (Å²) in [5.74, 6) is -1.49. The lowest BCUT2D eigenvalue weighted by Crippen LogP contribution is -2.47. The molecule has 0 aromatic heterocycles. The molecule has 0 spiro atoms. The van der Waals surface area contributed by atoms with Gasteiger partial charge in [-0.15, -0.1) is 0 Å². The molecule has 4 rings (SSSR count). The van der Waals surface area contributed by atoms with Gasteiger partial charge in [-0.1, -0.05) is 46.3 Å². The molecule has 5 nitrogen and oxygen atoms in total. The van der Waals surface area contributed by atoms with Gasteiger partial charge in [-0.2, -0.15) is 0 Å². The standard InChI is InChI=1S/C26H24BrFN2O3/c1-16-15-18(27)9-12-22(16)29-25(31)23-20-5-3-4-6-21(20)26(32)30(13-14-33-2)24(23)17-7-10-19(28)11-8-17/h3-12,15,23-24H,13-14H2,1-2H3,(H,29,31)/t23-,24+/m1/s1. The maximum absolute atomic E-state index is 13.8. The summed E-state index contributed by atoms with van der Waals surface area (Å²) in [4.78, 5) is 28.9. The Kier molecular flexibility index (Phi) is 6.91. The summed E-state index contributed by atoms with van der Waals surface area (Å²) in [5, 5.41) is 3.05. The first-order valence-electron chi connectivity index (χ1n) is 10.6. The van der Waals surface area contributed by atoms with Gasteiger partial charge in [-0.25, -0.2) is 4.39 Å². The highest BCUT2D eigenvalue weighted by Crippen LogP contribution is 2.43. The maximum Gasteiger partial charge on any atom is 0.254 e. The van der Waals surface area contributed by atoms with Gasteiger partial charge < -0.3 is 15.0 Å². The lowest BCUT2D eigenvalue weighted by atomic mass is 9.79. The fourth-order valence-corrected chi connectivity index (χ4v) is 4.79. The summed E-state index contributed by atoms with van der Waals surface area (Å²) in [6, 6.07) is 18.1. The molecule has 2 amide bonds. The van der Waals surface area contributed by atoms with E-state index in [1.54, 1.807) is 36.3 Å². The minimum absolute atomic E-state index is 0.180. The number of amides is 2. The lowest BCUT2D eigenvalue weighted by Gasteiger charge is -2.41. The van der Waals surface area contributed by atoms with E-state index >= 15 is 0 Å². The van der Waals surface area contributed by atoms with E-state index in [9.17, 15) is 14.0 Å². The predicted molar refractivity (Wildman–Crippen MR) is 129 cm³/mol. The monoisotopic (exact) mass is 510 g/mol. The normalized spacial score (nSPS) is 17.6. The Labute approximate surface area is 200 Å². The van der Waals surface area contributed by atoms with E-state index in [2.05, 4.69) is 21.2 Å². The summed E-state index contributed by atoms with van der Waals surface area (Å²) in [6.07, 6.45) is 0. The van der Waals surface area contributed by atoms with Crippen LogP contribution in [0.15, 0.2) is 71.2 Å². The molecule has 7 heteroatoms. The Balaban J connectivity index is 1.83. The van der Waals surface area contributed by atoms with Crippen LogP contribution in [0.2, 0.25) is 0 Å². The number of anilines is 1. The molecular formula is C26H24BrFN2O3. The average Bonchev–Trinajstić information content (AvgIpc) is 2.80. The number of fused-ring (bicyclic) bond motifs is 1. The van der Waals surface area contributed by atoms with Crippen LogP contribution in [0.3, 0.4) is 0 Å². The quantitative estimate of drug-likeness (QED) is 0.478. The smallest absolute Gasteiger partial charge is 0.254 e. The van der Waals surface area contributed by atoms with E-state index in [0.29, 0.717) is 35.5 Å². The van der Waals surface area contributed by atoms with Gasteiger partial charge in [0.2, 0.25) is 5.91 Å². The topological polar surface area (TPSA) is 58.6 Å². The van der Waals surface area contributed by atoms with E-state index in [1.807, 2.05) is 37.3 Å². The highest BCUT2D eigenvalue weighted by atomic mass is 79.9. The molecule has 33 heavy (non-hydrogen) atoms. The summed E-state index contributed by atoms with van der Waals surface area (Å²) < 4.78 is 19.9. The van der Waals surface area contributed by atoms with Crippen LogP contribution in [-0.2, 0) is 9.53 Å². The highest BCUT2D eigenvalue weighted by molar-refractivity contribution is 9.10. The van der Waals surface area contributed by atoms with E-state index in [0.717, 1.165) is 10.0 Å². The number of carbonyl (C=O) groups is 2. The second-order valence-electron chi connectivity index (χ2n) is 8.00. The van der Waals surface area contributed by atoms with E-state index in [1.165, 1.54) is 12.1 Å². The largest absolute Gasteiger partial charge is 0.383 e. The molecule has 1 aliphatic heterocycles. The first kappa shape index (κ1) is 23.1. The van der Waals surface area contributed by atoms with Crippen LogP contribution < -0.4 is 5.32 Å². The highest BCUT2D eigenvalue weighted by Gasteiger charge is 2.44. The zero-order chi connectivity index (χ0) is 23.5. The van der Waals surface area contributed by atoms with Crippen molar-refractivity contribution in [1.29, 1.82) is 0 Å². The van der Waals surface area contributed by atoms with Crippen LogP contribution in [0.25, 0.3) is 0 Å². The maximum atomic E-state index is 13.8. The predicted octanol–water partition coefficient (Wildman–Crippen LogP) is 5.46. The number of halogens is 2. The Morgan fingerprint density at radius 3 is 2.55 bits per heavy atom. The van der Waals surface area contributed by atoms with Crippen molar-refractivity contribution in [2.24, 2.45) is 0 Å². The number of ether oxygens (including phenoxy) is 1. The SMILES string of the molecule is COCCN1C(=O)c2ccccc2[C@@H](C(=O)Nc2ccc(Br)cc2C)[C@@H]1c1ccc(F)cc1. The number of rotatable bonds is 6. The van der Waals surface area contributed by atoms with Gasteiger partial charge in [-0.3, -0.25) is 9.59 Å². The molecule has 0 fully saturated rings. The number of nitrogens with zero attached hydrogens (tertiary/aromatic N) is 1. The molecule has 3 aromatic carbocycles. The van der Waals surface area contributed by atoms with Crippen molar-refractivity contribution in [2.45, 2.75) is 18.9 Å². The van der Waals surface area contributed by atoms with Crippen LogP contribution in [0, 0.1) is 12.7 Å². The number of aryl methyl sites for hydroxylation is 1. The van der Waals surface area contributed by atoms with Crippen molar-refractivity contribution >= 4 is 33.4 Å². The van der Waals surface area contributed by atoms with Crippen LogP contribution in [0.1, 0.15) is 39.0 Å². The minimum atomic E-state index is -0.690. The van der Waals surface area contributed by atoms with Crippen molar-refractivity contribution in [3.8, 4) is 0 Å². The minimum Gasteiger partial charge on any atom is -0.383 e. The fraction of sp³-hybridized carbons (Fsp3) is 0.231. The zero-order valence-corrected chi connectivity index (χ0v) is 19.9. The van der Waals surface area contributed by atoms with Gasteiger partial charge in [-0.05, 0) is 60.0 Å².